The first kappa shape index (κ1) is 8.34. The largest absolute Gasteiger partial charge is 0.371 e. The van der Waals surface area contributed by atoms with Crippen molar-refractivity contribution in [3.8, 4) is 0 Å². The molecule has 2 nitrogen and oxygen atoms in total. The molecular formula is C5H8O2Ti. The molecule has 3 heteroatoms. The van der Waals surface area contributed by atoms with Crippen LogP contribution in [-0.2, 0) is 31.2 Å². The van der Waals surface area contributed by atoms with Crippen molar-refractivity contribution in [3.63, 3.8) is 0 Å². The second kappa shape index (κ2) is 4.25. The van der Waals surface area contributed by atoms with Crippen LogP contribution < -0.4 is 0 Å². The van der Waals surface area contributed by atoms with E-state index in [2.05, 4.69) is 0 Å². The van der Waals surface area contributed by atoms with Crippen molar-refractivity contribution in [1.82, 2.24) is 0 Å². The van der Waals surface area contributed by atoms with Gasteiger partial charge in [0.05, 0.1) is 0 Å². The molecule has 0 saturated carbocycles. The number of ether oxygens (including phenoxy) is 1. The van der Waals surface area contributed by atoms with Crippen LogP contribution in [0.5, 0.6) is 0 Å². The third-order valence-corrected chi connectivity index (χ3v) is 1.12. The first-order valence-electron chi connectivity index (χ1n) is 2.50. The van der Waals surface area contributed by atoms with Gasteiger partial charge in [-0.2, -0.15) is 0 Å². The van der Waals surface area contributed by atoms with Gasteiger partial charge >= 0.3 is 0 Å². The summed E-state index contributed by atoms with van der Waals surface area (Å²) in [5.41, 5.74) is 0. The Hall–Kier alpha value is 0.344. The Bertz CT molecular complexity index is 68.8. The Kier molecular flexibility index (Phi) is 4.43. The molecule has 0 N–H and O–H groups in total. The summed E-state index contributed by atoms with van der Waals surface area (Å²) in [6, 6.07) is 0. The van der Waals surface area contributed by atoms with Gasteiger partial charge in [0.1, 0.15) is 12.4 Å². The fourth-order valence-electron chi connectivity index (χ4n) is 0.710. The maximum atomic E-state index is 9.88. The van der Waals surface area contributed by atoms with Crippen molar-refractivity contribution in [2.45, 2.75) is 18.9 Å². The zero-order chi connectivity index (χ0) is 5.11. The molecule has 1 saturated heterocycles. The zero-order valence-corrected chi connectivity index (χ0v) is 6.15. The standard InChI is InChI=1S/C5H8O2.Ti/c6-4-5-2-1-3-7-5;/h4-5H,1-3H2;. The maximum absolute atomic E-state index is 9.88. The van der Waals surface area contributed by atoms with Crippen LogP contribution >= 0.6 is 0 Å². The van der Waals surface area contributed by atoms with E-state index in [1.807, 2.05) is 0 Å². The molecule has 0 aromatic carbocycles. The molecule has 0 radical (unpaired) electrons. The predicted molar refractivity (Wildman–Crippen MR) is 25.0 cm³/mol. The molecule has 1 fully saturated rings. The Balaban J connectivity index is 0.000000490. The van der Waals surface area contributed by atoms with Crippen molar-refractivity contribution in [3.05, 3.63) is 0 Å². The molecule has 1 heterocycles. The van der Waals surface area contributed by atoms with Gasteiger partial charge in [-0.1, -0.05) is 0 Å². The Labute approximate surface area is 63.5 Å². The van der Waals surface area contributed by atoms with Gasteiger partial charge in [0.2, 0.25) is 0 Å². The molecule has 44 valence electrons. The number of hydrogen-bond acceptors (Lipinski definition) is 2. The van der Waals surface area contributed by atoms with Crippen molar-refractivity contribution in [2.75, 3.05) is 6.61 Å². The summed E-state index contributed by atoms with van der Waals surface area (Å²) in [7, 11) is 0. The van der Waals surface area contributed by atoms with Crippen molar-refractivity contribution < 1.29 is 31.2 Å². The summed E-state index contributed by atoms with van der Waals surface area (Å²) < 4.78 is 4.93. The van der Waals surface area contributed by atoms with Crippen LogP contribution in [0.1, 0.15) is 12.8 Å². The van der Waals surface area contributed by atoms with E-state index in [1.54, 1.807) is 0 Å². The molecule has 8 heavy (non-hydrogen) atoms. The number of carbonyl (C=O) groups is 1. The third-order valence-electron chi connectivity index (χ3n) is 1.12. The molecule has 1 rings (SSSR count). The Morgan fingerprint density at radius 2 is 2.38 bits per heavy atom. The van der Waals surface area contributed by atoms with E-state index in [9.17, 15) is 4.79 Å². The van der Waals surface area contributed by atoms with E-state index in [-0.39, 0.29) is 27.8 Å². The van der Waals surface area contributed by atoms with Gasteiger partial charge in [0.15, 0.2) is 0 Å². The van der Waals surface area contributed by atoms with E-state index < -0.39 is 0 Å². The van der Waals surface area contributed by atoms with Gasteiger partial charge in [0, 0.05) is 28.3 Å². The number of hydrogen-bond donors (Lipinski definition) is 0. The Morgan fingerprint density at radius 3 is 2.62 bits per heavy atom. The van der Waals surface area contributed by atoms with Crippen LogP contribution in [-0.4, -0.2) is 19.0 Å². The second-order valence-corrected chi connectivity index (χ2v) is 1.69. The smallest absolute Gasteiger partial charge is 0.148 e. The summed E-state index contributed by atoms with van der Waals surface area (Å²) in [5, 5.41) is 0. The van der Waals surface area contributed by atoms with Gasteiger partial charge in [-0.25, -0.2) is 0 Å². The fourth-order valence-corrected chi connectivity index (χ4v) is 0.710. The van der Waals surface area contributed by atoms with Gasteiger partial charge in [-0.15, -0.1) is 0 Å². The summed E-state index contributed by atoms with van der Waals surface area (Å²) in [5.74, 6) is 0. The quantitative estimate of drug-likeness (QED) is 0.396. The fraction of sp³-hybridized carbons (Fsp3) is 0.800. The third kappa shape index (κ3) is 2.08. The van der Waals surface area contributed by atoms with Crippen LogP contribution in [0.15, 0.2) is 0 Å². The minimum atomic E-state index is -0.0833. The van der Waals surface area contributed by atoms with Crippen LogP contribution in [0.25, 0.3) is 0 Å². The average Bonchev–Trinajstić information content (AvgIpc) is 2.14. The summed E-state index contributed by atoms with van der Waals surface area (Å²) in [6.45, 7) is 0.767. The normalized spacial score (nSPS) is 26.8. The molecule has 0 bridgehead atoms. The minimum absolute atomic E-state index is 0. The molecule has 0 spiro atoms. The Morgan fingerprint density at radius 1 is 1.62 bits per heavy atom. The second-order valence-electron chi connectivity index (χ2n) is 1.69. The van der Waals surface area contributed by atoms with Crippen molar-refractivity contribution in [2.24, 2.45) is 0 Å². The number of carbonyl (C=O) groups excluding carboxylic acids is 1. The molecule has 0 aromatic heterocycles. The van der Waals surface area contributed by atoms with Gasteiger partial charge < -0.3 is 9.53 Å². The molecule has 1 aliphatic rings. The van der Waals surface area contributed by atoms with E-state index in [4.69, 9.17) is 4.74 Å². The van der Waals surface area contributed by atoms with Crippen LogP contribution in [0.4, 0.5) is 0 Å². The summed E-state index contributed by atoms with van der Waals surface area (Å²) in [4.78, 5) is 9.88. The van der Waals surface area contributed by atoms with Crippen LogP contribution in [0.3, 0.4) is 0 Å². The van der Waals surface area contributed by atoms with E-state index in [0.717, 1.165) is 25.7 Å². The van der Waals surface area contributed by atoms with Crippen LogP contribution in [0, 0.1) is 0 Å². The molecule has 1 atom stereocenters. The molecule has 0 aliphatic carbocycles. The monoisotopic (exact) mass is 148 g/mol. The van der Waals surface area contributed by atoms with Gasteiger partial charge in [-0.3, -0.25) is 0 Å². The summed E-state index contributed by atoms with van der Waals surface area (Å²) in [6.07, 6.45) is 2.75. The van der Waals surface area contributed by atoms with Crippen molar-refractivity contribution in [1.29, 1.82) is 0 Å². The first-order valence-corrected chi connectivity index (χ1v) is 2.50. The maximum Gasteiger partial charge on any atom is 0.148 e. The van der Waals surface area contributed by atoms with E-state index >= 15 is 0 Å². The van der Waals surface area contributed by atoms with Crippen molar-refractivity contribution >= 4 is 6.29 Å². The van der Waals surface area contributed by atoms with Gasteiger partial charge in [0.25, 0.3) is 0 Å². The molecule has 0 aromatic rings. The zero-order valence-electron chi connectivity index (χ0n) is 4.59. The first-order chi connectivity index (χ1) is 3.43. The van der Waals surface area contributed by atoms with E-state index in [1.165, 1.54) is 0 Å². The summed E-state index contributed by atoms with van der Waals surface area (Å²) >= 11 is 0. The average molecular weight is 148 g/mol. The predicted octanol–water partition coefficient (Wildman–Crippen LogP) is 0.362. The number of rotatable bonds is 1. The molecule has 1 aliphatic heterocycles. The topological polar surface area (TPSA) is 26.3 Å². The van der Waals surface area contributed by atoms with E-state index in [0.29, 0.717) is 0 Å². The molecule has 0 amide bonds. The van der Waals surface area contributed by atoms with Crippen LogP contribution in [0.2, 0.25) is 0 Å². The van der Waals surface area contributed by atoms with Gasteiger partial charge in [-0.05, 0) is 12.8 Å². The molecule has 1 unspecified atom stereocenters. The minimum Gasteiger partial charge on any atom is -0.371 e. The number of aldehydes is 1. The molecular weight excluding hydrogens is 140 g/mol. The SMILES string of the molecule is O=CC1CCCO1.[Ti].